The van der Waals surface area contributed by atoms with Crippen LogP contribution in [0.5, 0.6) is 0 Å². The van der Waals surface area contributed by atoms with E-state index in [0.717, 1.165) is 43.1 Å². The van der Waals surface area contributed by atoms with Gasteiger partial charge < -0.3 is 10.2 Å². The van der Waals surface area contributed by atoms with Crippen LogP contribution in [0.25, 0.3) is 11.0 Å². The Bertz CT molecular complexity index is 964. The molecular formula is C19H21ClN6O. The number of amides is 1. The highest BCUT2D eigenvalue weighted by atomic mass is 35.5. The van der Waals surface area contributed by atoms with Crippen molar-refractivity contribution in [2.75, 3.05) is 23.3 Å². The van der Waals surface area contributed by atoms with Gasteiger partial charge in [0.05, 0.1) is 22.3 Å². The van der Waals surface area contributed by atoms with E-state index in [-0.39, 0.29) is 12.5 Å². The van der Waals surface area contributed by atoms with Gasteiger partial charge in [0.15, 0.2) is 5.65 Å². The Balaban J connectivity index is 1.54. The molecule has 0 radical (unpaired) electrons. The smallest absolute Gasteiger partial charge is 0.246 e. The average Bonchev–Trinajstić information content (AvgIpc) is 3.07. The van der Waals surface area contributed by atoms with Crippen LogP contribution in [0.15, 0.2) is 36.8 Å². The number of hydrogen-bond donors (Lipinski definition) is 1. The standard InChI is InChI=1S/C19H21ClN6O/c1-13-6-8-25(9-7-13)18-14-10-23-26(19(14)22-12-21-18)11-17(27)24-16-5-3-2-4-15(16)20/h2-5,10,12-13H,6-9,11H2,1H3,(H,24,27). The lowest BCUT2D eigenvalue weighted by molar-refractivity contribution is -0.116. The first-order valence-corrected chi connectivity index (χ1v) is 9.45. The number of hydrogen-bond acceptors (Lipinski definition) is 5. The molecule has 1 N–H and O–H groups in total. The minimum Gasteiger partial charge on any atom is -0.356 e. The Hall–Kier alpha value is -2.67. The van der Waals surface area contributed by atoms with E-state index in [1.165, 1.54) is 0 Å². The van der Waals surface area contributed by atoms with Crippen LogP contribution in [0.2, 0.25) is 5.02 Å². The quantitative estimate of drug-likeness (QED) is 0.746. The Labute approximate surface area is 162 Å². The van der Waals surface area contributed by atoms with Gasteiger partial charge >= 0.3 is 0 Å². The number of benzene rings is 1. The van der Waals surface area contributed by atoms with Gasteiger partial charge in [-0.05, 0) is 30.9 Å². The normalized spacial score (nSPS) is 15.3. The zero-order valence-corrected chi connectivity index (χ0v) is 15.9. The molecule has 0 spiro atoms. The van der Waals surface area contributed by atoms with Gasteiger partial charge in [-0.1, -0.05) is 30.7 Å². The first kappa shape index (κ1) is 17.7. The molecule has 8 heteroatoms. The van der Waals surface area contributed by atoms with Gasteiger partial charge in [0.25, 0.3) is 0 Å². The van der Waals surface area contributed by atoms with Crippen molar-refractivity contribution >= 4 is 40.0 Å². The summed E-state index contributed by atoms with van der Waals surface area (Å²) in [7, 11) is 0. The fourth-order valence-corrected chi connectivity index (χ4v) is 3.54. The number of para-hydroxylation sites is 1. The molecule has 7 nitrogen and oxygen atoms in total. The number of piperidine rings is 1. The lowest BCUT2D eigenvalue weighted by Crippen LogP contribution is -2.33. The maximum Gasteiger partial charge on any atom is 0.246 e. The van der Waals surface area contributed by atoms with Crippen LogP contribution >= 0.6 is 11.6 Å². The van der Waals surface area contributed by atoms with Crippen molar-refractivity contribution in [3.63, 3.8) is 0 Å². The molecule has 1 aliphatic heterocycles. The number of aromatic nitrogens is 4. The number of anilines is 2. The molecule has 0 atom stereocenters. The highest BCUT2D eigenvalue weighted by Gasteiger charge is 2.21. The molecule has 0 saturated carbocycles. The minimum atomic E-state index is -0.208. The van der Waals surface area contributed by atoms with Crippen LogP contribution in [0.1, 0.15) is 19.8 Å². The van der Waals surface area contributed by atoms with Gasteiger partial charge in [-0.25, -0.2) is 14.6 Å². The largest absolute Gasteiger partial charge is 0.356 e. The SMILES string of the molecule is CC1CCN(c2ncnc3c2cnn3CC(=O)Nc2ccccc2Cl)CC1. The van der Waals surface area contributed by atoms with E-state index in [1.54, 1.807) is 29.3 Å². The first-order chi connectivity index (χ1) is 13.1. The summed E-state index contributed by atoms with van der Waals surface area (Å²) in [5.74, 6) is 1.43. The lowest BCUT2D eigenvalue weighted by Gasteiger charge is -2.31. The Morgan fingerprint density at radius 3 is 2.81 bits per heavy atom. The molecule has 1 fully saturated rings. The predicted octanol–water partition coefficient (Wildman–Crippen LogP) is 3.35. The van der Waals surface area contributed by atoms with E-state index >= 15 is 0 Å². The van der Waals surface area contributed by atoms with Gasteiger partial charge in [-0.2, -0.15) is 5.10 Å². The number of rotatable bonds is 4. The molecule has 0 aliphatic carbocycles. The van der Waals surface area contributed by atoms with E-state index in [1.807, 2.05) is 12.1 Å². The third kappa shape index (κ3) is 3.73. The molecule has 0 unspecified atom stereocenters. The van der Waals surface area contributed by atoms with Crippen LogP contribution in [-0.4, -0.2) is 38.7 Å². The van der Waals surface area contributed by atoms with Crippen LogP contribution < -0.4 is 10.2 Å². The molecule has 3 heterocycles. The van der Waals surface area contributed by atoms with Crippen molar-refractivity contribution in [2.24, 2.45) is 5.92 Å². The molecule has 27 heavy (non-hydrogen) atoms. The maximum absolute atomic E-state index is 12.4. The van der Waals surface area contributed by atoms with E-state index < -0.39 is 0 Å². The Morgan fingerprint density at radius 1 is 1.26 bits per heavy atom. The van der Waals surface area contributed by atoms with Crippen molar-refractivity contribution in [2.45, 2.75) is 26.3 Å². The fraction of sp³-hybridized carbons (Fsp3) is 0.368. The van der Waals surface area contributed by atoms with Crippen molar-refractivity contribution in [1.82, 2.24) is 19.7 Å². The predicted molar refractivity (Wildman–Crippen MR) is 106 cm³/mol. The summed E-state index contributed by atoms with van der Waals surface area (Å²) in [6.07, 6.45) is 5.59. The number of halogens is 1. The van der Waals surface area contributed by atoms with E-state index in [4.69, 9.17) is 11.6 Å². The second-order valence-electron chi connectivity index (χ2n) is 6.93. The van der Waals surface area contributed by atoms with Crippen molar-refractivity contribution in [3.8, 4) is 0 Å². The van der Waals surface area contributed by atoms with Crippen molar-refractivity contribution in [1.29, 1.82) is 0 Å². The second kappa shape index (κ2) is 7.52. The van der Waals surface area contributed by atoms with Gasteiger partial charge in [-0.15, -0.1) is 0 Å². The fourth-order valence-electron chi connectivity index (χ4n) is 3.36. The summed E-state index contributed by atoms with van der Waals surface area (Å²) in [4.78, 5) is 23.5. The minimum absolute atomic E-state index is 0.0577. The monoisotopic (exact) mass is 384 g/mol. The zero-order chi connectivity index (χ0) is 18.8. The first-order valence-electron chi connectivity index (χ1n) is 9.07. The van der Waals surface area contributed by atoms with Crippen LogP contribution in [0.3, 0.4) is 0 Å². The van der Waals surface area contributed by atoms with E-state index in [9.17, 15) is 4.79 Å². The summed E-state index contributed by atoms with van der Waals surface area (Å²) in [5, 5.41) is 8.55. The second-order valence-corrected chi connectivity index (χ2v) is 7.34. The summed E-state index contributed by atoms with van der Waals surface area (Å²) in [6, 6.07) is 7.14. The highest BCUT2D eigenvalue weighted by molar-refractivity contribution is 6.33. The van der Waals surface area contributed by atoms with Gasteiger partial charge in [0.2, 0.25) is 5.91 Å². The van der Waals surface area contributed by atoms with E-state index in [0.29, 0.717) is 16.4 Å². The number of nitrogens with zero attached hydrogens (tertiary/aromatic N) is 5. The molecule has 1 aromatic carbocycles. The number of carbonyl (C=O) groups is 1. The third-order valence-corrected chi connectivity index (χ3v) is 5.27. The van der Waals surface area contributed by atoms with Crippen molar-refractivity contribution in [3.05, 3.63) is 41.8 Å². The van der Waals surface area contributed by atoms with Crippen molar-refractivity contribution < 1.29 is 4.79 Å². The molecule has 0 bridgehead atoms. The van der Waals surface area contributed by atoms with Crippen LogP contribution in [0, 0.1) is 5.92 Å². The highest BCUT2D eigenvalue weighted by Crippen LogP contribution is 2.27. The average molecular weight is 385 g/mol. The summed E-state index contributed by atoms with van der Waals surface area (Å²) in [6.45, 7) is 4.29. The number of carbonyl (C=O) groups excluding carboxylic acids is 1. The Morgan fingerprint density at radius 2 is 2.04 bits per heavy atom. The molecule has 3 aromatic rings. The van der Waals surface area contributed by atoms with Gasteiger partial charge in [-0.3, -0.25) is 4.79 Å². The lowest BCUT2D eigenvalue weighted by atomic mass is 9.99. The summed E-state index contributed by atoms with van der Waals surface area (Å²) >= 11 is 6.10. The number of fused-ring (bicyclic) bond motifs is 1. The zero-order valence-electron chi connectivity index (χ0n) is 15.1. The molecule has 140 valence electrons. The topological polar surface area (TPSA) is 75.9 Å². The molecule has 2 aromatic heterocycles. The summed E-state index contributed by atoms with van der Waals surface area (Å²) < 4.78 is 1.60. The molecule has 4 rings (SSSR count). The third-order valence-electron chi connectivity index (χ3n) is 4.94. The van der Waals surface area contributed by atoms with Crippen LogP contribution in [0.4, 0.5) is 11.5 Å². The van der Waals surface area contributed by atoms with Gasteiger partial charge in [0, 0.05) is 13.1 Å². The maximum atomic E-state index is 12.4. The molecule has 1 saturated heterocycles. The molecule has 1 aliphatic rings. The van der Waals surface area contributed by atoms with Crippen LogP contribution in [-0.2, 0) is 11.3 Å². The number of nitrogens with one attached hydrogen (secondary N) is 1. The Kier molecular flexibility index (Phi) is 4.94. The van der Waals surface area contributed by atoms with E-state index in [2.05, 4.69) is 32.2 Å². The summed E-state index contributed by atoms with van der Waals surface area (Å²) in [5.41, 5.74) is 1.24. The molecule has 1 amide bonds. The molecular weight excluding hydrogens is 364 g/mol. The van der Waals surface area contributed by atoms with Gasteiger partial charge in [0.1, 0.15) is 18.7 Å².